The number of ketones is 1. The van der Waals surface area contributed by atoms with Gasteiger partial charge in [0.15, 0.2) is 16.6 Å². The number of rotatable bonds is 2. The van der Waals surface area contributed by atoms with Crippen LogP contribution in [0.4, 0.5) is 13.2 Å². The Morgan fingerprint density at radius 3 is 2.75 bits per heavy atom. The van der Waals surface area contributed by atoms with E-state index in [4.69, 9.17) is 9.47 Å². The van der Waals surface area contributed by atoms with E-state index in [0.717, 1.165) is 24.6 Å². The maximum absolute atomic E-state index is 13.3. The lowest BCUT2D eigenvalue weighted by Crippen LogP contribution is -2.37. The van der Waals surface area contributed by atoms with Crippen LogP contribution in [0.15, 0.2) is 5.16 Å². The number of alkyl halides is 3. The molecule has 2 aliphatic heterocycles. The van der Waals surface area contributed by atoms with Crippen LogP contribution >= 0.6 is 11.8 Å². The highest BCUT2D eigenvalue weighted by Gasteiger charge is 2.44. The van der Waals surface area contributed by atoms with Crippen LogP contribution in [0.2, 0.25) is 0 Å². The number of nitrogens with zero attached hydrogens (tertiary/aromatic N) is 2. The largest absolute Gasteiger partial charge is 0.433 e. The van der Waals surface area contributed by atoms with Crippen LogP contribution in [-0.2, 0) is 33.3 Å². The Hall–Kier alpha value is -1.19. The van der Waals surface area contributed by atoms with E-state index in [-0.39, 0.29) is 40.9 Å². The molecule has 0 saturated carbocycles. The molecule has 0 aromatic carbocycles. The van der Waals surface area contributed by atoms with Crippen molar-refractivity contribution in [1.82, 2.24) is 9.97 Å². The molecule has 1 aliphatic carbocycles. The van der Waals surface area contributed by atoms with Crippen molar-refractivity contribution >= 4 is 17.5 Å². The van der Waals surface area contributed by atoms with Gasteiger partial charge in [0.05, 0.1) is 12.7 Å². The summed E-state index contributed by atoms with van der Waals surface area (Å²) in [6.07, 6.45) is -3.00. The number of carbonyl (C=O) groups excluding carboxylic acids is 1. The molecule has 9 heteroatoms. The number of hydrogen-bond acceptors (Lipinski definition) is 6. The second-order valence-corrected chi connectivity index (χ2v) is 7.36. The maximum atomic E-state index is 13.3. The third kappa shape index (κ3) is 2.93. The lowest BCUT2D eigenvalue weighted by Gasteiger charge is -2.26. The molecule has 3 atom stereocenters. The van der Waals surface area contributed by atoms with Crippen LogP contribution < -0.4 is 0 Å². The summed E-state index contributed by atoms with van der Waals surface area (Å²) in [6, 6.07) is 0. The fraction of sp³-hybridized carbons (Fsp3) is 0.667. The number of aromatic nitrogens is 2. The van der Waals surface area contributed by atoms with Gasteiger partial charge in [-0.1, -0.05) is 11.8 Å². The summed E-state index contributed by atoms with van der Waals surface area (Å²) in [5.41, 5.74) is -0.133. The van der Waals surface area contributed by atoms with E-state index in [1.807, 2.05) is 0 Å². The zero-order chi connectivity index (χ0) is 16.9. The van der Waals surface area contributed by atoms with Gasteiger partial charge in [-0.15, -0.1) is 0 Å². The molecule has 2 bridgehead atoms. The minimum atomic E-state index is -4.50. The molecular weight excluding hydrogens is 345 g/mol. The summed E-state index contributed by atoms with van der Waals surface area (Å²) < 4.78 is 50.7. The predicted octanol–water partition coefficient (Wildman–Crippen LogP) is 2.55. The standard InChI is InChI=1S/C15H15F3N2O3S/c16-15(17,18)12-7-3-1-2-4-8(7)19-14(20-12)24-11-5-9(21)13-22-6-10(11)23-13/h10-11,13H,1-6H2. The zero-order valence-corrected chi connectivity index (χ0v) is 13.5. The van der Waals surface area contributed by atoms with E-state index < -0.39 is 18.2 Å². The van der Waals surface area contributed by atoms with Gasteiger partial charge >= 0.3 is 6.18 Å². The number of fused-ring (bicyclic) bond motifs is 3. The van der Waals surface area contributed by atoms with Crippen molar-refractivity contribution in [2.45, 2.75) is 61.1 Å². The SMILES string of the molecule is O=C1CC(Sc2nc3c(c(C(F)(F)F)n2)CCCC3)C2COC1O2. The summed E-state index contributed by atoms with van der Waals surface area (Å²) in [6.45, 7) is 0.269. The quantitative estimate of drug-likeness (QED) is 0.756. The molecule has 3 unspecified atom stereocenters. The van der Waals surface area contributed by atoms with Crippen LogP contribution in [0.3, 0.4) is 0 Å². The molecular formula is C15H15F3N2O3S. The number of halogens is 3. The van der Waals surface area contributed by atoms with Crippen LogP contribution in [0, 0.1) is 0 Å². The highest BCUT2D eigenvalue weighted by molar-refractivity contribution is 7.99. The minimum Gasteiger partial charge on any atom is -0.343 e. The first-order valence-corrected chi connectivity index (χ1v) is 8.73. The van der Waals surface area contributed by atoms with E-state index in [9.17, 15) is 18.0 Å². The average Bonchev–Trinajstić information content (AvgIpc) is 2.97. The molecule has 0 N–H and O–H groups in total. The molecule has 2 saturated heterocycles. The third-order valence-corrected chi connectivity index (χ3v) is 5.64. The van der Waals surface area contributed by atoms with Crippen molar-refractivity contribution in [3.05, 3.63) is 17.0 Å². The molecule has 2 fully saturated rings. The molecule has 3 heterocycles. The second-order valence-electron chi connectivity index (χ2n) is 6.15. The number of aryl methyl sites for hydroxylation is 1. The van der Waals surface area contributed by atoms with Crippen LogP contribution in [0.1, 0.15) is 36.2 Å². The van der Waals surface area contributed by atoms with Crippen molar-refractivity contribution in [2.75, 3.05) is 6.61 Å². The van der Waals surface area contributed by atoms with E-state index in [0.29, 0.717) is 18.5 Å². The zero-order valence-electron chi connectivity index (χ0n) is 12.6. The summed E-state index contributed by atoms with van der Waals surface area (Å²) >= 11 is 1.08. The average molecular weight is 360 g/mol. The minimum absolute atomic E-state index is 0.0646. The highest BCUT2D eigenvalue weighted by atomic mass is 32.2. The molecule has 130 valence electrons. The van der Waals surface area contributed by atoms with E-state index in [1.165, 1.54) is 0 Å². The Bertz CT molecular complexity index is 683. The lowest BCUT2D eigenvalue weighted by molar-refractivity contribution is -0.151. The Morgan fingerprint density at radius 2 is 1.96 bits per heavy atom. The molecule has 0 radical (unpaired) electrons. The van der Waals surface area contributed by atoms with E-state index >= 15 is 0 Å². The Labute approximate surface area is 140 Å². The Morgan fingerprint density at radius 1 is 1.17 bits per heavy atom. The summed E-state index contributed by atoms with van der Waals surface area (Å²) in [5.74, 6) is -0.185. The maximum Gasteiger partial charge on any atom is 0.433 e. The Kier molecular flexibility index (Phi) is 4.04. The number of hydrogen-bond donors (Lipinski definition) is 0. The fourth-order valence-corrected chi connectivity index (χ4v) is 4.44. The van der Waals surface area contributed by atoms with Gasteiger partial charge in [-0.05, 0) is 25.7 Å². The molecule has 1 aromatic rings. The first-order valence-electron chi connectivity index (χ1n) is 7.85. The molecule has 0 amide bonds. The van der Waals surface area contributed by atoms with Crippen molar-refractivity contribution < 1.29 is 27.4 Å². The van der Waals surface area contributed by atoms with Gasteiger partial charge in [0.1, 0.15) is 0 Å². The molecule has 5 nitrogen and oxygen atoms in total. The van der Waals surface area contributed by atoms with Crippen molar-refractivity contribution in [1.29, 1.82) is 0 Å². The van der Waals surface area contributed by atoms with Crippen LogP contribution in [-0.4, -0.2) is 40.0 Å². The number of Topliss-reactive ketones (excluding diaryl/α,β-unsaturated/α-hetero) is 1. The highest BCUT2D eigenvalue weighted by Crippen LogP contribution is 2.39. The van der Waals surface area contributed by atoms with Crippen molar-refractivity contribution in [3.63, 3.8) is 0 Å². The normalized spacial score (nSPS) is 29.6. The van der Waals surface area contributed by atoms with Crippen LogP contribution in [0.25, 0.3) is 0 Å². The summed E-state index contributed by atoms with van der Waals surface area (Å²) in [5, 5.41) is -0.256. The lowest BCUT2D eigenvalue weighted by atomic mass is 9.94. The first-order chi connectivity index (χ1) is 11.4. The van der Waals surface area contributed by atoms with Gasteiger partial charge in [0, 0.05) is 22.9 Å². The van der Waals surface area contributed by atoms with E-state index in [2.05, 4.69) is 9.97 Å². The smallest absolute Gasteiger partial charge is 0.343 e. The molecule has 24 heavy (non-hydrogen) atoms. The van der Waals surface area contributed by atoms with Crippen molar-refractivity contribution in [2.24, 2.45) is 0 Å². The van der Waals surface area contributed by atoms with Gasteiger partial charge in [0.2, 0.25) is 6.29 Å². The van der Waals surface area contributed by atoms with Gasteiger partial charge in [-0.25, -0.2) is 9.97 Å². The van der Waals surface area contributed by atoms with Gasteiger partial charge in [-0.3, -0.25) is 4.79 Å². The fourth-order valence-electron chi connectivity index (χ4n) is 3.32. The Balaban J connectivity index is 1.64. The van der Waals surface area contributed by atoms with E-state index in [1.54, 1.807) is 0 Å². The number of carbonyl (C=O) groups is 1. The molecule has 4 rings (SSSR count). The number of ether oxygens (including phenoxy) is 2. The third-order valence-electron chi connectivity index (χ3n) is 4.48. The molecule has 3 aliphatic rings. The molecule has 0 spiro atoms. The monoisotopic (exact) mass is 360 g/mol. The summed E-state index contributed by atoms with van der Waals surface area (Å²) in [4.78, 5) is 19.9. The second kappa shape index (κ2) is 5.96. The van der Waals surface area contributed by atoms with Crippen molar-refractivity contribution in [3.8, 4) is 0 Å². The van der Waals surface area contributed by atoms with Gasteiger partial charge < -0.3 is 9.47 Å². The van der Waals surface area contributed by atoms with Gasteiger partial charge in [0.25, 0.3) is 0 Å². The number of thioether (sulfide) groups is 1. The predicted molar refractivity (Wildman–Crippen MR) is 77.6 cm³/mol. The topological polar surface area (TPSA) is 61.3 Å². The van der Waals surface area contributed by atoms with Crippen LogP contribution in [0.5, 0.6) is 0 Å². The summed E-state index contributed by atoms with van der Waals surface area (Å²) in [7, 11) is 0. The van der Waals surface area contributed by atoms with Gasteiger partial charge in [-0.2, -0.15) is 13.2 Å². The first kappa shape index (κ1) is 16.3. The molecule has 1 aromatic heterocycles.